The molecular formula is C26H36N2OS. The Morgan fingerprint density at radius 2 is 1.80 bits per heavy atom. The fourth-order valence-electron chi connectivity index (χ4n) is 5.21. The van der Waals surface area contributed by atoms with Gasteiger partial charge in [0.1, 0.15) is 0 Å². The zero-order valence-corrected chi connectivity index (χ0v) is 19.9. The Kier molecular flexibility index (Phi) is 6.64. The number of carbonyl (C=O) groups excluding carboxylic acids is 1. The van der Waals surface area contributed by atoms with Crippen molar-refractivity contribution < 1.29 is 4.79 Å². The van der Waals surface area contributed by atoms with Crippen LogP contribution >= 0.6 is 11.3 Å². The van der Waals surface area contributed by atoms with Crippen molar-refractivity contribution in [3.05, 3.63) is 55.8 Å². The molecular weight excluding hydrogens is 388 g/mol. The van der Waals surface area contributed by atoms with Crippen LogP contribution in [0, 0.1) is 33.6 Å². The number of amides is 1. The number of piperidine rings is 1. The van der Waals surface area contributed by atoms with Crippen LogP contribution in [0.5, 0.6) is 0 Å². The van der Waals surface area contributed by atoms with Gasteiger partial charge in [-0.1, -0.05) is 12.1 Å². The van der Waals surface area contributed by atoms with Gasteiger partial charge in [-0.3, -0.25) is 4.79 Å². The molecule has 2 aliphatic heterocycles. The third-order valence-corrected chi connectivity index (χ3v) is 8.09. The van der Waals surface area contributed by atoms with Crippen LogP contribution in [0.2, 0.25) is 0 Å². The smallest absolute Gasteiger partial charge is 0.227 e. The molecule has 1 saturated heterocycles. The van der Waals surface area contributed by atoms with Gasteiger partial charge in [-0.05, 0) is 99.7 Å². The molecule has 0 spiro atoms. The first-order valence-corrected chi connectivity index (χ1v) is 12.4. The fraction of sp³-hybridized carbons (Fsp3) is 0.577. The van der Waals surface area contributed by atoms with Crippen LogP contribution in [0.4, 0.5) is 0 Å². The fourth-order valence-corrected chi connectivity index (χ4v) is 6.18. The zero-order chi connectivity index (χ0) is 21.3. The minimum atomic E-state index is 0.318. The highest BCUT2D eigenvalue weighted by Crippen LogP contribution is 2.25. The first kappa shape index (κ1) is 21.6. The zero-order valence-electron chi connectivity index (χ0n) is 19.1. The largest absolute Gasteiger partial charge is 0.342 e. The molecule has 0 aliphatic carbocycles. The lowest BCUT2D eigenvalue weighted by Gasteiger charge is -2.35. The second-order valence-electron chi connectivity index (χ2n) is 9.47. The number of aryl methyl sites for hydroxylation is 4. The maximum Gasteiger partial charge on any atom is 0.227 e. The van der Waals surface area contributed by atoms with Gasteiger partial charge in [0.05, 0.1) is 6.42 Å². The van der Waals surface area contributed by atoms with Gasteiger partial charge in [-0.2, -0.15) is 0 Å². The number of hydrogen-bond donors (Lipinski definition) is 0. The highest BCUT2D eigenvalue weighted by Gasteiger charge is 2.26. The highest BCUT2D eigenvalue weighted by molar-refractivity contribution is 7.12. The van der Waals surface area contributed by atoms with E-state index in [4.69, 9.17) is 0 Å². The Bertz CT molecular complexity index is 916. The van der Waals surface area contributed by atoms with Gasteiger partial charge in [0.2, 0.25) is 5.91 Å². The molecule has 3 heterocycles. The predicted octanol–water partition coefficient (Wildman–Crippen LogP) is 4.86. The van der Waals surface area contributed by atoms with E-state index < -0.39 is 0 Å². The molecule has 0 radical (unpaired) electrons. The van der Waals surface area contributed by atoms with Gasteiger partial charge in [-0.25, -0.2) is 0 Å². The average Bonchev–Trinajstić information content (AvgIpc) is 2.96. The van der Waals surface area contributed by atoms with E-state index in [2.05, 4.69) is 55.7 Å². The molecule has 162 valence electrons. The first-order chi connectivity index (χ1) is 14.4. The maximum absolute atomic E-state index is 13.0. The van der Waals surface area contributed by atoms with E-state index in [-0.39, 0.29) is 0 Å². The summed E-state index contributed by atoms with van der Waals surface area (Å²) in [5.74, 6) is 0.927. The van der Waals surface area contributed by atoms with Crippen LogP contribution in [-0.2, 0) is 24.1 Å². The summed E-state index contributed by atoms with van der Waals surface area (Å²) in [5, 5.41) is 0. The molecule has 0 bridgehead atoms. The molecule has 4 rings (SSSR count). The number of thiophene rings is 1. The lowest BCUT2D eigenvalue weighted by Crippen LogP contribution is -2.44. The summed E-state index contributed by atoms with van der Waals surface area (Å²) in [7, 11) is 0. The molecule has 0 saturated carbocycles. The molecule has 1 fully saturated rings. The Hall–Kier alpha value is -1.65. The van der Waals surface area contributed by atoms with Crippen molar-refractivity contribution in [2.24, 2.45) is 5.92 Å². The molecule has 1 unspecified atom stereocenters. The first-order valence-electron chi connectivity index (χ1n) is 11.5. The average molecular weight is 425 g/mol. The van der Waals surface area contributed by atoms with Gasteiger partial charge < -0.3 is 9.80 Å². The molecule has 3 nitrogen and oxygen atoms in total. The Morgan fingerprint density at radius 3 is 2.53 bits per heavy atom. The Morgan fingerprint density at radius 1 is 1.03 bits per heavy atom. The summed E-state index contributed by atoms with van der Waals surface area (Å²) in [6.45, 7) is 14.1. The van der Waals surface area contributed by atoms with E-state index in [1.54, 1.807) is 0 Å². The van der Waals surface area contributed by atoms with Crippen LogP contribution in [0.15, 0.2) is 18.2 Å². The SMILES string of the molecule is Cc1cc(CCN2CCCC(CN3CCc4cc(C)c(C)cc4CC3=O)C2)c(C)s1. The molecule has 1 atom stereocenters. The van der Waals surface area contributed by atoms with Crippen LogP contribution in [0.25, 0.3) is 0 Å². The van der Waals surface area contributed by atoms with Crippen molar-refractivity contribution in [3.8, 4) is 0 Å². The molecule has 4 heteroatoms. The highest BCUT2D eigenvalue weighted by atomic mass is 32.1. The number of nitrogens with zero attached hydrogens (tertiary/aromatic N) is 2. The van der Waals surface area contributed by atoms with Gasteiger partial charge >= 0.3 is 0 Å². The third-order valence-electron chi connectivity index (χ3n) is 7.08. The number of likely N-dealkylation sites (tertiary alicyclic amines) is 1. The van der Waals surface area contributed by atoms with Crippen molar-refractivity contribution in [2.75, 3.05) is 32.7 Å². The number of benzene rings is 1. The van der Waals surface area contributed by atoms with Gasteiger partial charge in [0.15, 0.2) is 0 Å². The molecule has 2 aliphatic rings. The minimum Gasteiger partial charge on any atom is -0.342 e. The second-order valence-corrected chi connectivity index (χ2v) is 10.9. The van der Waals surface area contributed by atoms with E-state index in [1.165, 1.54) is 57.0 Å². The third kappa shape index (κ3) is 4.97. The van der Waals surface area contributed by atoms with Crippen molar-refractivity contribution in [2.45, 2.75) is 59.8 Å². The molecule has 2 aromatic rings. The van der Waals surface area contributed by atoms with Crippen LogP contribution in [0.3, 0.4) is 0 Å². The summed E-state index contributed by atoms with van der Waals surface area (Å²) in [5.41, 5.74) is 6.78. The molecule has 1 aromatic heterocycles. The Balaban J connectivity index is 1.33. The summed E-state index contributed by atoms with van der Waals surface area (Å²) in [6.07, 6.45) is 5.23. The molecule has 1 aromatic carbocycles. The normalized spacial score (nSPS) is 20.3. The van der Waals surface area contributed by atoms with Crippen molar-refractivity contribution in [1.29, 1.82) is 0 Å². The van der Waals surface area contributed by atoms with E-state index in [0.717, 1.165) is 39.0 Å². The lowest BCUT2D eigenvalue weighted by molar-refractivity contribution is -0.131. The number of carbonyl (C=O) groups is 1. The number of fused-ring (bicyclic) bond motifs is 1. The van der Waals surface area contributed by atoms with Crippen LogP contribution in [-0.4, -0.2) is 48.4 Å². The van der Waals surface area contributed by atoms with E-state index in [0.29, 0.717) is 18.2 Å². The van der Waals surface area contributed by atoms with E-state index in [9.17, 15) is 4.79 Å². The van der Waals surface area contributed by atoms with Crippen molar-refractivity contribution in [1.82, 2.24) is 9.80 Å². The lowest BCUT2D eigenvalue weighted by atomic mass is 9.96. The van der Waals surface area contributed by atoms with Crippen LogP contribution in [0.1, 0.15) is 50.4 Å². The van der Waals surface area contributed by atoms with Gasteiger partial charge in [0, 0.05) is 35.9 Å². The summed E-state index contributed by atoms with van der Waals surface area (Å²) >= 11 is 1.92. The van der Waals surface area contributed by atoms with Gasteiger partial charge in [0.25, 0.3) is 0 Å². The number of rotatable bonds is 5. The van der Waals surface area contributed by atoms with Crippen molar-refractivity contribution >= 4 is 17.2 Å². The van der Waals surface area contributed by atoms with E-state index >= 15 is 0 Å². The number of hydrogen-bond acceptors (Lipinski definition) is 3. The molecule has 1 amide bonds. The van der Waals surface area contributed by atoms with E-state index in [1.807, 2.05) is 11.3 Å². The standard InChI is InChI=1S/C26H36N2OS/c1-18-12-24-8-11-28(26(29)15-25(24)13-19(18)2)17-22-6-5-9-27(16-22)10-7-23-14-20(3)30-21(23)4/h12-14,22H,5-11,15-17H2,1-4H3. The summed E-state index contributed by atoms with van der Waals surface area (Å²) in [4.78, 5) is 20.7. The molecule has 0 N–H and O–H groups in total. The summed E-state index contributed by atoms with van der Waals surface area (Å²) in [6, 6.07) is 6.90. The molecule has 30 heavy (non-hydrogen) atoms. The topological polar surface area (TPSA) is 23.6 Å². The monoisotopic (exact) mass is 424 g/mol. The van der Waals surface area contributed by atoms with Crippen molar-refractivity contribution in [3.63, 3.8) is 0 Å². The predicted molar refractivity (Wildman–Crippen MR) is 127 cm³/mol. The quantitative estimate of drug-likeness (QED) is 0.684. The van der Waals surface area contributed by atoms with Crippen LogP contribution < -0.4 is 0 Å². The second kappa shape index (κ2) is 9.23. The van der Waals surface area contributed by atoms with Gasteiger partial charge in [-0.15, -0.1) is 11.3 Å². The maximum atomic E-state index is 13.0. The summed E-state index contributed by atoms with van der Waals surface area (Å²) < 4.78 is 0. The minimum absolute atomic E-state index is 0.318. The Labute approximate surface area is 186 Å².